The molecule has 0 bridgehead atoms. The quantitative estimate of drug-likeness (QED) is 0.290. The van der Waals surface area contributed by atoms with Crippen molar-refractivity contribution in [3.8, 4) is 17.3 Å². The number of fused-ring (bicyclic) bond motifs is 2. The van der Waals surface area contributed by atoms with Gasteiger partial charge in [0.1, 0.15) is 27.8 Å². The first-order valence-electron chi connectivity index (χ1n) is 9.92. The lowest BCUT2D eigenvalue weighted by molar-refractivity contribution is 0.560. The normalized spacial score (nSPS) is 11.6. The summed E-state index contributed by atoms with van der Waals surface area (Å²) in [6.45, 7) is 1.84. The predicted octanol–water partition coefficient (Wildman–Crippen LogP) is 5.31. The molecule has 0 atom stereocenters. The van der Waals surface area contributed by atoms with Crippen LogP contribution in [0.3, 0.4) is 0 Å². The highest BCUT2D eigenvalue weighted by molar-refractivity contribution is 7.11. The van der Waals surface area contributed by atoms with Gasteiger partial charge in [-0.3, -0.25) is 0 Å². The third-order valence-electron chi connectivity index (χ3n) is 5.11. The van der Waals surface area contributed by atoms with Gasteiger partial charge in [-0.25, -0.2) is 14.6 Å². The van der Waals surface area contributed by atoms with Crippen LogP contribution < -0.4 is 16.6 Å². The number of aryl methyl sites for hydroxylation is 1. The number of thiazole rings is 1. The van der Waals surface area contributed by atoms with Crippen LogP contribution in [0.25, 0.3) is 38.8 Å². The fourth-order valence-corrected chi connectivity index (χ4v) is 4.26. The Morgan fingerprint density at radius 3 is 2.79 bits per heavy atom. The number of nitrogens with zero attached hydrogens (tertiary/aromatic N) is 2. The standard InChI is InChI=1S/C25H15N3O4S/c1-14-8-23(29)31-22-10-17(6-7-18(14)22)27-12-16(11-26)24-28-20(13-33-24)19-9-15-4-2-3-5-21(15)32-25(19)30/h2-10,12-13,27H,1H3. The second-order valence-electron chi connectivity index (χ2n) is 7.30. The number of nitriles is 1. The van der Waals surface area contributed by atoms with Gasteiger partial charge in [-0.2, -0.15) is 5.26 Å². The largest absolute Gasteiger partial charge is 0.423 e. The zero-order chi connectivity index (χ0) is 22.9. The number of para-hydroxylation sites is 1. The number of aromatic nitrogens is 1. The first kappa shape index (κ1) is 20.4. The molecule has 5 aromatic rings. The van der Waals surface area contributed by atoms with Crippen molar-refractivity contribution in [3.63, 3.8) is 0 Å². The van der Waals surface area contributed by atoms with Crippen LogP contribution in [0.5, 0.6) is 0 Å². The van der Waals surface area contributed by atoms with Gasteiger partial charge in [-0.05, 0) is 36.8 Å². The lowest BCUT2D eigenvalue weighted by Gasteiger charge is -2.05. The summed E-state index contributed by atoms with van der Waals surface area (Å²) in [7, 11) is 0. The third-order valence-corrected chi connectivity index (χ3v) is 5.98. The SMILES string of the molecule is Cc1cc(=O)oc2cc(NC=C(C#N)c3nc(-c4cc5ccccc5oc4=O)cs3)ccc12. The van der Waals surface area contributed by atoms with Gasteiger partial charge in [-0.1, -0.05) is 18.2 Å². The maximum atomic E-state index is 12.4. The summed E-state index contributed by atoms with van der Waals surface area (Å²) in [5, 5.41) is 16.5. The summed E-state index contributed by atoms with van der Waals surface area (Å²) < 4.78 is 10.7. The molecule has 0 aliphatic rings. The van der Waals surface area contributed by atoms with Gasteiger partial charge >= 0.3 is 11.3 Å². The molecule has 3 heterocycles. The monoisotopic (exact) mass is 453 g/mol. The van der Waals surface area contributed by atoms with E-state index in [1.807, 2.05) is 31.2 Å². The highest BCUT2D eigenvalue weighted by atomic mass is 32.1. The van der Waals surface area contributed by atoms with Gasteiger partial charge in [0.15, 0.2) is 0 Å². The lowest BCUT2D eigenvalue weighted by atomic mass is 10.1. The second-order valence-corrected chi connectivity index (χ2v) is 8.15. The minimum Gasteiger partial charge on any atom is -0.423 e. The predicted molar refractivity (Wildman–Crippen MR) is 128 cm³/mol. The Kier molecular flexibility index (Phi) is 5.09. The first-order chi connectivity index (χ1) is 16.0. The summed E-state index contributed by atoms with van der Waals surface area (Å²) in [5.41, 5.74) is 2.60. The molecule has 160 valence electrons. The number of nitrogens with one attached hydrogen (secondary N) is 1. The molecule has 1 N–H and O–H groups in total. The molecule has 0 radical (unpaired) electrons. The van der Waals surface area contributed by atoms with E-state index in [-0.39, 0.29) is 0 Å². The first-order valence-corrected chi connectivity index (χ1v) is 10.8. The van der Waals surface area contributed by atoms with Gasteiger partial charge in [0.05, 0.1) is 11.3 Å². The molecule has 5 rings (SSSR count). The highest BCUT2D eigenvalue weighted by Gasteiger charge is 2.14. The zero-order valence-electron chi connectivity index (χ0n) is 17.3. The molecule has 0 saturated carbocycles. The zero-order valence-corrected chi connectivity index (χ0v) is 18.1. The van der Waals surface area contributed by atoms with Crippen LogP contribution >= 0.6 is 11.3 Å². The van der Waals surface area contributed by atoms with E-state index in [4.69, 9.17) is 8.83 Å². The molecule has 2 aromatic carbocycles. The van der Waals surface area contributed by atoms with E-state index >= 15 is 0 Å². The fraction of sp³-hybridized carbons (Fsp3) is 0.0400. The van der Waals surface area contributed by atoms with Gasteiger partial charge in [0.2, 0.25) is 0 Å². The minimum absolute atomic E-state index is 0.294. The molecule has 8 heteroatoms. The second kappa shape index (κ2) is 8.22. The molecule has 0 fully saturated rings. The summed E-state index contributed by atoms with van der Waals surface area (Å²) in [6, 6.07) is 17.9. The van der Waals surface area contributed by atoms with Crippen LogP contribution in [0.1, 0.15) is 10.6 Å². The molecule has 0 aliphatic carbocycles. The van der Waals surface area contributed by atoms with Gasteiger partial charge in [0.25, 0.3) is 0 Å². The lowest BCUT2D eigenvalue weighted by Crippen LogP contribution is -2.02. The Morgan fingerprint density at radius 1 is 1.09 bits per heavy atom. The van der Waals surface area contributed by atoms with E-state index < -0.39 is 11.3 Å². The smallest absolute Gasteiger partial charge is 0.345 e. The van der Waals surface area contributed by atoms with Crippen molar-refractivity contribution in [1.29, 1.82) is 5.26 Å². The molecule has 0 saturated heterocycles. The Bertz CT molecular complexity index is 1720. The van der Waals surface area contributed by atoms with Crippen molar-refractivity contribution < 1.29 is 8.83 Å². The molecule has 3 aromatic heterocycles. The van der Waals surface area contributed by atoms with Crippen molar-refractivity contribution in [3.05, 3.63) is 97.6 Å². The molecule has 0 aliphatic heterocycles. The molecule has 0 unspecified atom stereocenters. The Balaban J connectivity index is 1.46. The number of anilines is 1. The van der Waals surface area contributed by atoms with E-state index in [0.29, 0.717) is 38.7 Å². The van der Waals surface area contributed by atoms with Crippen molar-refractivity contribution >= 4 is 44.5 Å². The van der Waals surface area contributed by atoms with Gasteiger partial charge < -0.3 is 14.2 Å². The van der Waals surface area contributed by atoms with Gasteiger partial charge in [0, 0.05) is 40.2 Å². The number of rotatable bonds is 4. The fourth-order valence-electron chi connectivity index (χ4n) is 3.47. The summed E-state index contributed by atoms with van der Waals surface area (Å²) in [6.07, 6.45) is 1.53. The number of hydrogen-bond acceptors (Lipinski definition) is 8. The molecule has 33 heavy (non-hydrogen) atoms. The minimum atomic E-state index is -0.487. The Morgan fingerprint density at radius 2 is 1.94 bits per heavy atom. The van der Waals surface area contributed by atoms with Crippen molar-refractivity contribution in [2.24, 2.45) is 0 Å². The maximum absolute atomic E-state index is 12.4. The summed E-state index contributed by atoms with van der Waals surface area (Å²) >= 11 is 1.25. The molecule has 0 amide bonds. The van der Waals surface area contributed by atoms with Crippen molar-refractivity contribution in [2.45, 2.75) is 6.92 Å². The molecular weight excluding hydrogens is 438 g/mol. The van der Waals surface area contributed by atoms with Crippen LogP contribution in [0.15, 0.2) is 84.6 Å². The third kappa shape index (κ3) is 3.93. The van der Waals surface area contributed by atoms with E-state index in [1.165, 1.54) is 23.6 Å². The van der Waals surface area contributed by atoms with Crippen molar-refractivity contribution in [1.82, 2.24) is 4.98 Å². The average Bonchev–Trinajstić information content (AvgIpc) is 3.28. The Labute approximate surface area is 190 Å². The summed E-state index contributed by atoms with van der Waals surface area (Å²) in [5.74, 6) is 0. The number of allylic oxidation sites excluding steroid dienone is 1. The molecule has 0 spiro atoms. The van der Waals surface area contributed by atoms with Crippen molar-refractivity contribution in [2.75, 3.05) is 5.32 Å². The van der Waals surface area contributed by atoms with E-state index in [2.05, 4.69) is 16.4 Å². The highest BCUT2D eigenvalue weighted by Crippen LogP contribution is 2.27. The number of benzene rings is 2. The van der Waals surface area contributed by atoms with Gasteiger partial charge in [-0.15, -0.1) is 11.3 Å². The Hall–Kier alpha value is -4.48. The molecule has 7 nitrogen and oxygen atoms in total. The summed E-state index contributed by atoms with van der Waals surface area (Å²) in [4.78, 5) is 28.5. The average molecular weight is 453 g/mol. The van der Waals surface area contributed by atoms with Crippen LogP contribution in [0.2, 0.25) is 0 Å². The maximum Gasteiger partial charge on any atom is 0.345 e. The van der Waals surface area contributed by atoms with E-state index in [9.17, 15) is 14.9 Å². The van der Waals surface area contributed by atoms with Crippen LogP contribution in [-0.4, -0.2) is 4.98 Å². The molecular formula is C25H15N3O4S. The van der Waals surface area contributed by atoms with E-state index in [0.717, 1.165) is 16.3 Å². The van der Waals surface area contributed by atoms with Crippen LogP contribution in [0, 0.1) is 18.3 Å². The van der Waals surface area contributed by atoms with Crippen LogP contribution in [-0.2, 0) is 0 Å². The topological polar surface area (TPSA) is 109 Å². The van der Waals surface area contributed by atoms with E-state index in [1.54, 1.807) is 29.6 Å². The van der Waals surface area contributed by atoms with Crippen LogP contribution in [0.4, 0.5) is 5.69 Å². The number of hydrogen-bond donors (Lipinski definition) is 1.